The Bertz CT molecular complexity index is 808. The van der Waals surface area contributed by atoms with Gasteiger partial charge in [-0.3, -0.25) is 9.69 Å². The molecule has 3 nitrogen and oxygen atoms in total. The van der Waals surface area contributed by atoms with Crippen LogP contribution in [0.5, 0.6) is 0 Å². The summed E-state index contributed by atoms with van der Waals surface area (Å²) in [5, 5.41) is 9.90. The Balaban J connectivity index is 1.99. The second kappa shape index (κ2) is 7.90. The molecule has 1 heterocycles. The van der Waals surface area contributed by atoms with E-state index in [0.717, 1.165) is 17.7 Å². The Hall–Kier alpha value is -2.05. The van der Waals surface area contributed by atoms with Gasteiger partial charge < -0.3 is 5.11 Å². The summed E-state index contributed by atoms with van der Waals surface area (Å²) in [7, 11) is 0. The van der Waals surface area contributed by atoms with E-state index in [4.69, 9.17) is 11.6 Å². The summed E-state index contributed by atoms with van der Waals surface area (Å²) in [4.78, 5) is 13.4. The number of alkyl halides is 3. The molecule has 1 aliphatic heterocycles. The quantitative estimate of drug-likeness (QED) is 0.766. The summed E-state index contributed by atoms with van der Waals surface area (Å²) in [5.74, 6) is -1.34. The molecule has 0 radical (unpaired) electrons. The van der Waals surface area contributed by atoms with E-state index in [2.05, 4.69) is 0 Å². The van der Waals surface area contributed by atoms with Crippen LogP contribution in [-0.4, -0.2) is 29.1 Å². The third-order valence-electron chi connectivity index (χ3n) is 4.89. The molecule has 0 saturated carbocycles. The first-order chi connectivity index (χ1) is 12.8. The lowest BCUT2D eigenvalue weighted by Crippen LogP contribution is -2.41. The normalized spacial score (nSPS) is 19.6. The minimum atomic E-state index is -4.40. The van der Waals surface area contributed by atoms with Crippen molar-refractivity contribution in [3.8, 4) is 0 Å². The smallest absolute Gasteiger partial charge is 0.416 e. The van der Waals surface area contributed by atoms with Gasteiger partial charge in [0, 0.05) is 11.6 Å². The van der Waals surface area contributed by atoms with E-state index < -0.39 is 23.6 Å². The van der Waals surface area contributed by atoms with Gasteiger partial charge in [0.05, 0.1) is 17.5 Å². The molecule has 2 unspecified atom stereocenters. The monoisotopic (exact) mass is 397 g/mol. The molecule has 1 saturated heterocycles. The molecule has 1 N–H and O–H groups in total. The average Bonchev–Trinajstić information content (AvgIpc) is 2.62. The minimum Gasteiger partial charge on any atom is -0.481 e. The predicted molar refractivity (Wildman–Crippen MR) is 96.7 cm³/mol. The molecule has 0 amide bonds. The number of carboxylic acid groups (broad SMARTS) is 1. The first-order valence-corrected chi connectivity index (χ1v) is 9.03. The van der Waals surface area contributed by atoms with Gasteiger partial charge in [-0.1, -0.05) is 35.9 Å². The zero-order valence-electron chi connectivity index (χ0n) is 14.4. The lowest BCUT2D eigenvalue weighted by atomic mass is 9.91. The highest BCUT2D eigenvalue weighted by Gasteiger charge is 2.33. The fourth-order valence-electron chi connectivity index (χ4n) is 3.59. The number of benzene rings is 2. The van der Waals surface area contributed by atoms with Crippen molar-refractivity contribution in [3.05, 3.63) is 70.2 Å². The zero-order valence-corrected chi connectivity index (χ0v) is 15.2. The van der Waals surface area contributed by atoms with Crippen LogP contribution in [0.3, 0.4) is 0 Å². The summed E-state index contributed by atoms with van der Waals surface area (Å²) in [5.41, 5.74) is 0.794. The highest BCUT2D eigenvalue weighted by molar-refractivity contribution is 6.30. The highest BCUT2D eigenvalue weighted by atomic mass is 35.5. The second-order valence-electron chi connectivity index (χ2n) is 6.75. The van der Waals surface area contributed by atoms with Gasteiger partial charge in [0.15, 0.2) is 0 Å². The molecular formula is C20H19ClF3NO2. The van der Waals surface area contributed by atoms with Crippen LogP contribution in [0.1, 0.15) is 35.6 Å². The van der Waals surface area contributed by atoms with Crippen LogP contribution in [0, 0.1) is 5.92 Å². The number of carboxylic acids is 1. The number of hydrogen-bond acceptors (Lipinski definition) is 2. The third kappa shape index (κ3) is 4.62. The molecule has 2 atom stereocenters. The molecule has 0 aliphatic carbocycles. The number of carbonyl (C=O) groups is 1. The molecule has 0 aromatic heterocycles. The van der Waals surface area contributed by atoms with E-state index in [1.807, 2.05) is 11.0 Å². The van der Waals surface area contributed by atoms with Crippen molar-refractivity contribution in [3.63, 3.8) is 0 Å². The first-order valence-electron chi connectivity index (χ1n) is 8.65. The predicted octanol–water partition coefficient (Wildman–Crippen LogP) is 5.24. The Kier molecular flexibility index (Phi) is 5.77. The van der Waals surface area contributed by atoms with Gasteiger partial charge in [-0.25, -0.2) is 0 Å². The van der Waals surface area contributed by atoms with Gasteiger partial charge in [0.2, 0.25) is 0 Å². The van der Waals surface area contributed by atoms with E-state index in [1.54, 1.807) is 18.2 Å². The van der Waals surface area contributed by atoms with Crippen molar-refractivity contribution >= 4 is 17.6 Å². The Morgan fingerprint density at radius 1 is 1.15 bits per heavy atom. The largest absolute Gasteiger partial charge is 0.481 e. The number of piperidine rings is 1. The molecule has 1 fully saturated rings. The Morgan fingerprint density at radius 2 is 1.85 bits per heavy atom. The first kappa shape index (κ1) is 19.7. The summed E-state index contributed by atoms with van der Waals surface area (Å²) in [6, 6.07) is 11.8. The van der Waals surface area contributed by atoms with Crippen molar-refractivity contribution in [1.29, 1.82) is 0 Å². The molecule has 144 valence electrons. The molecule has 3 rings (SSSR count). The summed E-state index contributed by atoms with van der Waals surface area (Å²) < 4.78 is 38.7. The lowest BCUT2D eigenvalue weighted by Gasteiger charge is -2.37. The second-order valence-corrected chi connectivity index (χ2v) is 7.19. The molecule has 27 heavy (non-hydrogen) atoms. The van der Waals surface area contributed by atoms with Crippen LogP contribution in [-0.2, 0) is 11.0 Å². The van der Waals surface area contributed by atoms with Crippen molar-refractivity contribution in [2.45, 2.75) is 25.1 Å². The summed E-state index contributed by atoms with van der Waals surface area (Å²) >= 11 is 6.12. The highest BCUT2D eigenvalue weighted by Crippen LogP contribution is 2.36. The molecule has 1 aliphatic rings. The fourth-order valence-corrected chi connectivity index (χ4v) is 3.79. The van der Waals surface area contributed by atoms with Crippen molar-refractivity contribution in [2.24, 2.45) is 5.92 Å². The summed E-state index contributed by atoms with van der Waals surface area (Å²) in [6.45, 7) is 1.01. The number of hydrogen-bond donors (Lipinski definition) is 1. The summed E-state index contributed by atoms with van der Waals surface area (Å²) in [6.07, 6.45) is -3.08. The van der Waals surface area contributed by atoms with E-state index >= 15 is 0 Å². The van der Waals surface area contributed by atoms with E-state index in [0.29, 0.717) is 36.5 Å². The van der Waals surface area contributed by atoms with Crippen LogP contribution in [0.4, 0.5) is 13.2 Å². The Morgan fingerprint density at radius 3 is 2.44 bits per heavy atom. The topological polar surface area (TPSA) is 40.5 Å². The third-order valence-corrected chi connectivity index (χ3v) is 5.12. The minimum absolute atomic E-state index is 0.341. The molecule has 0 bridgehead atoms. The van der Waals surface area contributed by atoms with Gasteiger partial charge in [0.25, 0.3) is 0 Å². The molecule has 2 aromatic rings. The molecule has 0 spiro atoms. The van der Waals surface area contributed by atoms with Crippen molar-refractivity contribution < 1.29 is 23.1 Å². The fraction of sp³-hybridized carbons (Fsp3) is 0.350. The van der Waals surface area contributed by atoms with Gasteiger partial charge in [0.1, 0.15) is 0 Å². The standard InChI is InChI=1S/C20H19ClF3NO2/c21-17-5-1-3-14(11-17)18(25-10-2-4-15(12-25)19(26)27)13-6-8-16(9-7-13)20(22,23)24/h1,3,5-9,11,15,18H,2,4,10,12H2,(H,26,27). The average molecular weight is 398 g/mol. The Labute approximate surface area is 160 Å². The van der Waals surface area contributed by atoms with E-state index in [1.165, 1.54) is 12.1 Å². The van der Waals surface area contributed by atoms with Crippen LogP contribution in [0.15, 0.2) is 48.5 Å². The van der Waals surface area contributed by atoms with Crippen molar-refractivity contribution in [2.75, 3.05) is 13.1 Å². The van der Waals surface area contributed by atoms with Crippen LogP contribution in [0.25, 0.3) is 0 Å². The number of rotatable bonds is 4. The number of aliphatic carboxylic acids is 1. The SMILES string of the molecule is O=C(O)C1CCCN(C(c2ccc(C(F)(F)F)cc2)c2cccc(Cl)c2)C1. The van der Waals surface area contributed by atoms with Gasteiger partial charge in [-0.2, -0.15) is 13.2 Å². The maximum absolute atomic E-state index is 12.9. The van der Waals surface area contributed by atoms with Crippen LogP contribution >= 0.6 is 11.6 Å². The van der Waals surface area contributed by atoms with Crippen LogP contribution < -0.4 is 0 Å². The zero-order chi connectivity index (χ0) is 19.6. The molecular weight excluding hydrogens is 379 g/mol. The number of nitrogens with zero attached hydrogens (tertiary/aromatic N) is 1. The lowest BCUT2D eigenvalue weighted by molar-refractivity contribution is -0.144. The maximum Gasteiger partial charge on any atom is 0.416 e. The van der Waals surface area contributed by atoms with E-state index in [-0.39, 0.29) is 6.04 Å². The van der Waals surface area contributed by atoms with Gasteiger partial charge in [-0.15, -0.1) is 0 Å². The van der Waals surface area contributed by atoms with Crippen molar-refractivity contribution in [1.82, 2.24) is 4.90 Å². The van der Waals surface area contributed by atoms with Gasteiger partial charge >= 0.3 is 12.1 Å². The molecule has 2 aromatic carbocycles. The van der Waals surface area contributed by atoms with E-state index in [9.17, 15) is 23.1 Å². The van der Waals surface area contributed by atoms with Crippen LogP contribution in [0.2, 0.25) is 5.02 Å². The molecule has 7 heteroatoms. The number of halogens is 4. The number of likely N-dealkylation sites (tertiary alicyclic amines) is 1. The maximum atomic E-state index is 12.9. The van der Waals surface area contributed by atoms with Gasteiger partial charge in [-0.05, 0) is 54.8 Å².